The Labute approximate surface area is 79.5 Å². The van der Waals surface area contributed by atoms with Crippen LogP contribution in [0.3, 0.4) is 0 Å². The largest absolute Gasteiger partial charge is 0.481 e. The molecule has 0 aliphatic rings. The Kier molecular flexibility index (Phi) is 3.82. The van der Waals surface area contributed by atoms with Crippen LogP contribution in [0.5, 0.6) is 0 Å². The lowest BCUT2D eigenvalue weighted by Crippen LogP contribution is -2.40. The van der Waals surface area contributed by atoms with Gasteiger partial charge in [0, 0.05) is 0 Å². The second-order valence-electron chi connectivity index (χ2n) is 2.76. The van der Waals surface area contributed by atoms with Crippen molar-refractivity contribution < 1.29 is 29.7 Å². The summed E-state index contributed by atoms with van der Waals surface area (Å²) in [4.78, 5) is 31.7. The molecule has 78 valence electrons. The number of carboxylic acid groups (broad SMARTS) is 3. The second kappa shape index (κ2) is 4.40. The smallest absolute Gasteiger partial charge is 0.321 e. The molecule has 0 aromatic carbocycles. The Morgan fingerprint density at radius 1 is 1.14 bits per heavy atom. The predicted molar refractivity (Wildman–Crippen MR) is 44.8 cm³/mol. The summed E-state index contributed by atoms with van der Waals surface area (Å²) in [6.45, 7) is 3.20. The van der Waals surface area contributed by atoms with E-state index in [2.05, 4.69) is 6.58 Å². The number of carbonyl (C=O) groups is 3. The van der Waals surface area contributed by atoms with Crippen LogP contribution >= 0.6 is 0 Å². The van der Waals surface area contributed by atoms with Gasteiger partial charge in [-0.2, -0.15) is 0 Å². The van der Waals surface area contributed by atoms with E-state index in [0.29, 0.717) is 0 Å². The molecule has 0 atom stereocenters. The van der Waals surface area contributed by atoms with Gasteiger partial charge in [0.2, 0.25) is 0 Å². The molecule has 0 saturated heterocycles. The van der Waals surface area contributed by atoms with Crippen molar-refractivity contribution >= 4 is 17.9 Å². The maximum absolute atomic E-state index is 10.7. The van der Waals surface area contributed by atoms with Crippen molar-refractivity contribution in [2.75, 3.05) is 0 Å². The van der Waals surface area contributed by atoms with Crippen LogP contribution in [0.15, 0.2) is 12.7 Å². The van der Waals surface area contributed by atoms with Crippen LogP contribution in [0, 0.1) is 5.41 Å². The van der Waals surface area contributed by atoms with Gasteiger partial charge in [-0.3, -0.25) is 14.4 Å². The minimum Gasteiger partial charge on any atom is -0.481 e. The van der Waals surface area contributed by atoms with E-state index in [9.17, 15) is 14.4 Å². The van der Waals surface area contributed by atoms with Crippen LogP contribution in [0.25, 0.3) is 0 Å². The fourth-order valence-electron chi connectivity index (χ4n) is 0.994. The van der Waals surface area contributed by atoms with Crippen molar-refractivity contribution in [1.29, 1.82) is 0 Å². The second-order valence-corrected chi connectivity index (χ2v) is 2.76. The quantitative estimate of drug-likeness (QED) is 0.418. The van der Waals surface area contributed by atoms with Gasteiger partial charge in [-0.15, -0.1) is 6.58 Å². The molecule has 0 spiro atoms. The molecule has 6 nitrogen and oxygen atoms in total. The van der Waals surface area contributed by atoms with E-state index in [1.165, 1.54) is 0 Å². The minimum absolute atomic E-state index is 0.427. The summed E-state index contributed by atoms with van der Waals surface area (Å²) in [7, 11) is 0. The number of carboxylic acids is 3. The van der Waals surface area contributed by atoms with Gasteiger partial charge in [-0.05, 0) is 6.42 Å². The van der Waals surface area contributed by atoms with Crippen molar-refractivity contribution in [3.63, 3.8) is 0 Å². The van der Waals surface area contributed by atoms with Crippen molar-refractivity contribution in [1.82, 2.24) is 0 Å². The van der Waals surface area contributed by atoms with E-state index in [0.717, 1.165) is 6.08 Å². The lowest BCUT2D eigenvalue weighted by atomic mass is 9.81. The maximum atomic E-state index is 10.7. The molecule has 0 unspecified atom stereocenters. The first kappa shape index (κ1) is 12.2. The van der Waals surface area contributed by atoms with Gasteiger partial charge < -0.3 is 15.3 Å². The Balaban J connectivity index is 5.13. The van der Waals surface area contributed by atoms with Crippen LogP contribution in [0.2, 0.25) is 0 Å². The van der Waals surface area contributed by atoms with E-state index in [1.807, 2.05) is 0 Å². The zero-order valence-electron chi connectivity index (χ0n) is 7.27. The first-order valence-electron chi connectivity index (χ1n) is 3.66. The van der Waals surface area contributed by atoms with Crippen molar-refractivity contribution in [3.05, 3.63) is 12.7 Å². The highest BCUT2D eigenvalue weighted by molar-refractivity contribution is 6.01. The van der Waals surface area contributed by atoms with Gasteiger partial charge in [0.15, 0.2) is 5.41 Å². The first-order chi connectivity index (χ1) is 6.36. The van der Waals surface area contributed by atoms with E-state index < -0.39 is 36.2 Å². The molecule has 14 heavy (non-hydrogen) atoms. The fraction of sp³-hybridized carbons (Fsp3) is 0.375. The highest BCUT2D eigenvalue weighted by Gasteiger charge is 2.47. The highest BCUT2D eigenvalue weighted by atomic mass is 16.4. The lowest BCUT2D eigenvalue weighted by molar-refractivity contribution is -0.169. The molecule has 0 rings (SSSR count). The summed E-state index contributed by atoms with van der Waals surface area (Å²) in [5.41, 5.74) is -2.31. The summed E-state index contributed by atoms with van der Waals surface area (Å²) in [5, 5.41) is 25.8. The molecule has 0 bridgehead atoms. The molecular weight excluding hydrogens is 192 g/mol. The van der Waals surface area contributed by atoms with E-state index in [1.54, 1.807) is 0 Å². The first-order valence-corrected chi connectivity index (χ1v) is 3.66. The molecule has 0 fully saturated rings. The summed E-state index contributed by atoms with van der Waals surface area (Å²) in [6.07, 6.45) is -0.321. The molecule has 0 amide bonds. The zero-order chi connectivity index (χ0) is 11.4. The van der Waals surface area contributed by atoms with E-state index in [4.69, 9.17) is 15.3 Å². The molecule has 0 heterocycles. The van der Waals surface area contributed by atoms with Crippen LogP contribution in [0.4, 0.5) is 0 Å². The average molecular weight is 202 g/mol. The molecule has 0 aliphatic carbocycles. The number of allylic oxidation sites excluding steroid dienone is 1. The Morgan fingerprint density at radius 2 is 1.57 bits per heavy atom. The molecule has 0 aromatic rings. The van der Waals surface area contributed by atoms with Crippen molar-refractivity contribution in [3.8, 4) is 0 Å². The fourth-order valence-corrected chi connectivity index (χ4v) is 0.994. The van der Waals surface area contributed by atoms with Crippen molar-refractivity contribution in [2.24, 2.45) is 5.41 Å². The molecule has 3 N–H and O–H groups in total. The van der Waals surface area contributed by atoms with Crippen LogP contribution in [-0.4, -0.2) is 33.2 Å². The van der Waals surface area contributed by atoms with Gasteiger partial charge >= 0.3 is 17.9 Å². The van der Waals surface area contributed by atoms with Crippen LogP contribution in [0.1, 0.15) is 12.8 Å². The minimum atomic E-state index is -2.31. The Bertz CT molecular complexity index is 266. The third kappa shape index (κ3) is 2.32. The topological polar surface area (TPSA) is 112 Å². The molecule has 6 heteroatoms. The van der Waals surface area contributed by atoms with Gasteiger partial charge in [0.25, 0.3) is 0 Å². The molecule has 0 saturated carbocycles. The summed E-state index contributed by atoms with van der Waals surface area (Å²) < 4.78 is 0. The third-order valence-corrected chi connectivity index (χ3v) is 1.76. The summed E-state index contributed by atoms with van der Waals surface area (Å²) in [5.74, 6) is -4.82. The number of hydrogen-bond donors (Lipinski definition) is 3. The van der Waals surface area contributed by atoms with Gasteiger partial charge in [-0.1, -0.05) is 6.08 Å². The Morgan fingerprint density at radius 3 is 1.79 bits per heavy atom. The molecule has 0 aliphatic heterocycles. The van der Waals surface area contributed by atoms with Gasteiger partial charge in [0.1, 0.15) is 0 Å². The number of rotatable bonds is 6. The lowest BCUT2D eigenvalue weighted by Gasteiger charge is -2.20. The highest BCUT2D eigenvalue weighted by Crippen LogP contribution is 2.28. The number of aliphatic carboxylic acids is 3. The maximum Gasteiger partial charge on any atom is 0.321 e. The average Bonchev–Trinajstić information content (AvgIpc) is 2.01. The van der Waals surface area contributed by atoms with Crippen LogP contribution < -0.4 is 0 Å². The van der Waals surface area contributed by atoms with E-state index in [-0.39, 0.29) is 0 Å². The van der Waals surface area contributed by atoms with Gasteiger partial charge in [-0.25, -0.2) is 0 Å². The normalized spacial score (nSPS) is 10.6. The molecular formula is C8H10O6. The zero-order valence-corrected chi connectivity index (χ0v) is 7.27. The third-order valence-electron chi connectivity index (χ3n) is 1.76. The van der Waals surface area contributed by atoms with Gasteiger partial charge in [0.05, 0.1) is 6.42 Å². The van der Waals surface area contributed by atoms with Crippen LogP contribution in [-0.2, 0) is 14.4 Å². The summed E-state index contributed by atoms with van der Waals surface area (Å²) in [6, 6.07) is 0. The van der Waals surface area contributed by atoms with E-state index >= 15 is 0 Å². The molecule has 0 radical (unpaired) electrons. The monoisotopic (exact) mass is 202 g/mol. The van der Waals surface area contributed by atoms with Crippen molar-refractivity contribution in [2.45, 2.75) is 12.8 Å². The standard InChI is InChI=1S/C8H10O6/c1-2-3-8(6(11)12,7(13)14)4-5(9)10/h2H,1,3-4H2,(H,9,10)(H,11,12)(H,13,14). The predicted octanol–water partition coefficient (Wildman–Crippen LogP) is 0.193. The SMILES string of the molecule is C=CCC(CC(=O)O)(C(=O)O)C(=O)O. The Hall–Kier alpha value is -1.85. The summed E-state index contributed by atoms with van der Waals surface area (Å²) >= 11 is 0. The molecule has 0 aromatic heterocycles. The number of hydrogen-bond acceptors (Lipinski definition) is 3.